The summed E-state index contributed by atoms with van der Waals surface area (Å²) < 4.78 is 1.26. The van der Waals surface area contributed by atoms with E-state index in [2.05, 4.69) is 7.05 Å². The van der Waals surface area contributed by atoms with Crippen molar-refractivity contribution in [1.82, 2.24) is 0 Å². The number of hydrogen-bond donors (Lipinski definition) is 0. The first-order valence-electron chi connectivity index (χ1n) is 4.03. The van der Waals surface area contributed by atoms with E-state index in [0.29, 0.717) is 0 Å². The Morgan fingerprint density at radius 3 is 1.60 bits per heavy atom. The quantitative estimate of drug-likeness (QED) is 0.339. The minimum Gasteiger partial charge on any atom is -0.632 e. The number of piperazine rings is 3. The average molecular weight is 143 g/mol. The van der Waals surface area contributed by atoms with E-state index in [0.717, 1.165) is 43.8 Å². The van der Waals surface area contributed by atoms with Crippen LogP contribution < -0.4 is 0 Å². The second-order valence-electron chi connectivity index (χ2n) is 4.02. The molecule has 0 atom stereocenters. The highest BCUT2D eigenvalue weighted by Gasteiger charge is 2.41. The van der Waals surface area contributed by atoms with E-state index < -0.39 is 0 Å². The summed E-state index contributed by atoms with van der Waals surface area (Å²) >= 11 is 0. The fourth-order valence-corrected chi connectivity index (χ4v) is 1.94. The first kappa shape index (κ1) is 6.58. The molecule has 10 heavy (non-hydrogen) atoms. The van der Waals surface area contributed by atoms with Crippen LogP contribution in [0.1, 0.15) is 0 Å². The molecule has 3 aliphatic rings. The van der Waals surface area contributed by atoms with Gasteiger partial charge in [-0.2, -0.15) is 0 Å². The molecule has 0 aromatic heterocycles. The van der Waals surface area contributed by atoms with Crippen LogP contribution in [0.15, 0.2) is 0 Å². The van der Waals surface area contributed by atoms with Crippen LogP contribution in [0, 0.1) is 5.21 Å². The van der Waals surface area contributed by atoms with Crippen molar-refractivity contribution < 1.29 is 9.13 Å². The lowest BCUT2D eigenvalue weighted by atomic mass is 10.2. The minimum atomic E-state index is 0.105. The van der Waals surface area contributed by atoms with Gasteiger partial charge in [0.25, 0.3) is 0 Å². The predicted molar refractivity (Wildman–Crippen MR) is 39.0 cm³/mol. The summed E-state index contributed by atoms with van der Waals surface area (Å²) in [5.74, 6) is 0. The standard InChI is InChI=1S/C7H15N2O/c1-8-2-5-9(10,6-3-8)7-4-8/h2-7H2,1H3/q+1. The van der Waals surface area contributed by atoms with Crippen LogP contribution in [0.3, 0.4) is 0 Å². The van der Waals surface area contributed by atoms with Crippen LogP contribution in [0.5, 0.6) is 0 Å². The summed E-state index contributed by atoms with van der Waals surface area (Å²) in [5, 5.41) is 11.6. The maximum Gasteiger partial charge on any atom is 0.129 e. The third-order valence-corrected chi connectivity index (χ3v) is 3.14. The Morgan fingerprint density at radius 1 is 0.900 bits per heavy atom. The van der Waals surface area contributed by atoms with Crippen LogP contribution in [-0.2, 0) is 0 Å². The molecule has 3 heteroatoms. The Hall–Kier alpha value is -0.120. The number of hydroxylamine groups is 3. The normalized spacial score (nSPS) is 53.4. The molecule has 58 valence electrons. The lowest BCUT2D eigenvalue weighted by molar-refractivity contribution is -1.05. The molecule has 3 heterocycles. The molecule has 3 nitrogen and oxygen atoms in total. The van der Waals surface area contributed by atoms with E-state index in [4.69, 9.17) is 0 Å². The highest BCUT2D eigenvalue weighted by molar-refractivity contribution is 4.59. The van der Waals surface area contributed by atoms with Gasteiger partial charge >= 0.3 is 0 Å². The van der Waals surface area contributed by atoms with Crippen molar-refractivity contribution in [3.8, 4) is 0 Å². The maximum atomic E-state index is 11.6. The van der Waals surface area contributed by atoms with Gasteiger partial charge in [-0.15, -0.1) is 0 Å². The Balaban J connectivity index is 2.16. The zero-order valence-corrected chi connectivity index (χ0v) is 6.55. The third kappa shape index (κ3) is 0.856. The van der Waals surface area contributed by atoms with Crippen LogP contribution in [0.4, 0.5) is 0 Å². The van der Waals surface area contributed by atoms with Gasteiger partial charge in [0.15, 0.2) is 0 Å². The van der Waals surface area contributed by atoms with Gasteiger partial charge in [-0.25, -0.2) is 0 Å². The first-order chi connectivity index (χ1) is 4.62. The van der Waals surface area contributed by atoms with Gasteiger partial charge in [0.1, 0.15) is 39.3 Å². The lowest BCUT2D eigenvalue weighted by Gasteiger charge is -2.56. The number of fused-ring (bicyclic) bond motifs is 3. The molecule has 3 saturated heterocycles. The number of nitrogens with zero attached hydrogens (tertiary/aromatic N) is 2. The summed E-state index contributed by atoms with van der Waals surface area (Å²) in [5.41, 5.74) is 0. The summed E-state index contributed by atoms with van der Waals surface area (Å²) in [4.78, 5) is 0. The van der Waals surface area contributed by atoms with Crippen LogP contribution in [0.25, 0.3) is 0 Å². The summed E-state index contributed by atoms with van der Waals surface area (Å²) in [6, 6.07) is 0. The average Bonchev–Trinajstić information content (AvgIpc) is 1.93. The van der Waals surface area contributed by atoms with Crippen LogP contribution >= 0.6 is 0 Å². The molecule has 2 bridgehead atoms. The molecule has 0 unspecified atom stereocenters. The predicted octanol–water partition coefficient (Wildman–Crippen LogP) is -0.225. The molecule has 0 aliphatic carbocycles. The smallest absolute Gasteiger partial charge is 0.129 e. The van der Waals surface area contributed by atoms with Crippen molar-refractivity contribution in [2.75, 3.05) is 46.3 Å². The number of quaternary nitrogens is 2. The summed E-state index contributed by atoms with van der Waals surface area (Å²) in [6.45, 7) is 5.88. The fraction of sp³-hybridized carbons (Fsp3) is 1.00. The number of hydrogen-bond acceptors (Lipinski definition) is 1. The zero-order valence-electron chi connectivity index (χ0n) is 6.55. The Kier molecular flexibility index (Phi) is 1.14. The second-order valence-corrected chi connectivity index (χ2v) is 4.02. The molecule has 3 rings (SSSR count). The molecular weight excluding hydrogens is 128 g/mol. The number of rotatable bonds is 0. The van der Waals surface area contributed by atoms with E-state index in [1.807, 2.05) is 0 Å². The molecule has 0 N–H and O–H groups in total. The lowest BCUT2D eigenvalue weighted by Crippen LogP contribution is -2.71. The Bertz CT molecular complexity index is 115. The Labute approximate surface area is 61.6 Å². The second kappa shape index (κ2) is 1.72. The van der Waals surface area contributed by atoms with Gasteiger partial charge in [-0.3, -0.25) is 0 Å². The van der Waals surface area contributed by atoms with E-state index >= 15 is 0 Å². The van der Waals surface area contributed by atoms with E-state index in [1.54, 1.807) is 0 Å². The van der Waals surface area contributed by atoms with E-state index in [-0.39, 0.29) is 4.65 Å². The first-order valence-corrected chi connectivity index (χ1v) is 4.03. The molecule has 0 spiro atoms. The highest BCUT2D eigenvalue weighted by Crippen LogP contribution is 2.22. The SMILES string of the molecule is C[N+]12CC[N+]([O-])(CC1)CC2. The van der Waals surface area contributed by atoms with Crippen molar-refractivity contribution in [1.29, 1.82) is 0 Å². The van der Waals surface area contributed by atoms with Gasteiger partial charge < -0.3 is 14.3 Å². The monoisotopic (exact) mass is 143 g/mol. The van der Waals surface area contributed by atoms with Crippen molar-refractivity contribution >= 4 is 0 Å². The van der Waals surface area contributed by atoms with Gasteiger partial charge in [-0.1, -0.05) is 0 Å². The van der Waals surface area contributed by atoms with Crippen molar-refractivity contribution in [2.45, 2.75) is 0 Å². The van der Waals surface area contributed by atoms with E-state index in [1.165, 1.54) is 0 Å². The van der Waals surface area contributed by atoms with Crippen molar-refractivity contribution in [3.05, 3.63) is 5.21 Å². The maximum absolute atomic E-state index is 11.6. The van der Waals surface area contributed by atoms with Crippen molar-refractivity contribution in [2.24, 2.45) is 0 Å². The van der Waals surface area contributed by atoms with Gasteiger partial charge in [-0.05, 0) is 0 Å². The Morgan fingerprint density at radius 2 is 1.30 bits per heavy atom. The summed E-state index contributed by atoms with van der Waals surface area (Å²) in [6.07, 6.45) is 0. The largest absolute Gasteiger partial charge is 0.632 e. The molecule has 3 fully saturated rings. The third-order valence-electron chi connectivity index (χ3n) is 3.14. The molecule has 0 amide bonds. The number of likely N-dealkylation sites (N-methyl/N-ethyl adjacent to an activating group) is 1. The summed E-state index contributed by atoms with van der Waals surface area (Å²) in [7, 11) is 2.27. The van der Waals surface area contributed by atoms with Crippen molar-refractivity contribution in [3.63, 3.8) is 0 Å². The molecule has 0 aromatic carbocycles. The van der Waals surface area contributed by atoms with Gasteiger partial charge in [0.05, 0.1) is 7.05 Å². The topological polar surface area (TPSA) is 23.1 Å². The van der Waals surface area contributed by atoms with Gasteiger partial charge in [0.2, 0.25) is 0 Å². The minimum absolute atomic E-state index is 0.105. The zero-order chi connectivity index (χ0) is 7.24. The fourth-order valence-electron chi connectivity index (χ4n) is 1.94. The molecule has 0 saturated carbocycles. The highest BCUT2D eigenvalue weighted by atomic mass is 16.5. The van der Waals surface area contributed by atoms with Crippen LogP contribution in [-0.4, -0.2) is 55.4 Å². The molecule has 0 aromatic rings. The van der Waals surface area contributed by atoms with E-state index in [9.17, 15) is 5.21 Å². The molecule has 0 radical (unpaired) electrons. The van der Waals surface area contributed by atoms with Crippen LogP contribution in [0.2, 0.25) is 0 Å². The molecule has 3 aliphatic heterocycles. The van der Waals surface area contributed by atoms with Gasteiger partial charge in [0, 0.05) is 0 Å². The molecular formula is C7H15N2O+.